The molecule has 1 aliphatic rings. The first-order chi connectivity index (χ1) is 6.22. The van der Waals surface area contributed by atoms with Crippen LogP contribution >= 0.6 is 0 Å². The second kappa shape index (κ2) is 4.58. The summed E-state index contributed by atoms with van der Waals surface area (Å²) >= 11 is 0. The molecule has 1 fully saturated rings. The second-order valence-electron chi connectivity index (χ2n) is 3.98. The Morgan fingerprint density at radius 2 is 2.00 bits per heavy atom. The lowest BCUT2D eigenvalue weighted by Crippen LogP contribution is -2.37. The van der Waals surface area contributed by atoms with E-state index < -0.39 is 0 Å². The molecule has 0 bridgehead atoms. The van der Waals surface area contributed by atoms with Gasteiger partial charge in [0, 0.05) is 6.42 Å². The number of nitrogens with one attached hydrogen (secondary N) is 1. The van der Waals surface area contributed by atoms with Crippen LogP contribution in [0.15, 0.2) is 0 Å². The van der Waals surface area contributed by atoms with E-state index in [0.717, 1.165) is 25.7 Å². The van der Waals surface area contributed by atoms with Crippen LogP contribution in [-0.2, 0) is 4.79 Å². The Morgan fingerprint density at radius 3 is 2.46 bits per heavy atom. The van der Waals surface area contributed by atoms with Crippen LogP contribution in [0.25, 0.3) is 0 Å². The summed E-state index contributed by atoms with van der Waals surface area (Å²) in [4.78, 5) is 11.0. The average molecular weight is 186 g/mol. The summed E-state index contributed by atoms with van der Waals surface area (Å²) in [6.07, 6.45) is 5.92. The van der Waals surface area contributed by atoms with Crippen molar-refractivity contribution >= 4 is 5.91 Å². The van der Waals surface area contributed by atoms with Gasteiger partial charge in [-0.2, -0.15) is 0 Å². The molecular weight excluding hydrogens is 168 g/mol. The molecule has 0 spiro atoms. The third-order valence-corrected chi connectivity index (χ3v) is 3.01. The SMILES string of the molecule is NCC1(CC(=O)NO)CCCCC1. The molecule has 0 aromatic heterocycles. The molecule has 76 valence electrons. The number of hydrogen-bond acceptors (Lipinski definition) is 3. The first-order valence-corrected chi connectivity index (χ1v) is 4.85. The molecule has 1 saturated carbocycles. The van der Waals surface area contributed by atoms with Crippen LogP contribution < -0.4 is 11.2 Å². The summed E-state index contributed by atoms with van der Waals surface area (Å²) in [5.74, 6) is -0.313. The van der Waals surface area contributed by atoms with Crippen LogP contribution in [-0.4, -0.2) is 17.7 Å². The number of rotatable bonds is 3. The van der Waals surface area contributed by atoms with Crippen molar-refractivity contribution in [1.29, 1.82) is 0 Å². The second-order valence-corrected chi connectivity index (χ2v) is 3.98. The Kier molecular flexibility index (Phi) is 3.69. The van der Waals surface area contributed by atoms with Gasteiger partial charge in [-0.05, 0) is 24.8 Å². The van der Waals surface area contributed by atoms with Crippen molar-refractivity contribution in [3.8, 4) is 0 Å². The highest BCUT2D eigenvalue weighted by atomic mass is 16.5. The van der Waals surface area contributed by atoms with Crippen molar-refractivity contribution in [2.24, 2.45) is 11.1 Å². The lowest BCUT2D eigenvalue weighted by molar-refractivity contribution is -0.132. The lowest BCUT2D eigenvalue weighted by Gasteiger charge is -2.35. The highest BCUT2D eigenvalue weighted by Gasteiger charge is 2.32. The van der Waals surface area contributed by atoms with E-state index in [1.165, 1.54) is 6.42 Å². The minimum absolute atomic E-state index is 0.0505. The number of hydroxylamine groups is 1. The Bertz CT molecular complexity index is 176. The van der Waals surface area contributed by atoms with E-state index in [0.29, 0.717) is 13.0 Å². The minimum atomic E-state index is -0.313. The number of carbonyl (C=O) groups excluding carboxylic acids is 1. The highest BCUT2D eigenvalue weighted by molar-refractivity contribution is 5.75. The zero-order chi connectivity index (χ0) is 9.73. The molecule has 4 N–H and O–H groups in total. The molecule has 13 heavy (non-hydrogen) atoms. The van der Waals surface area contributed by atoms with Crippen LogP contribution in [0.1, 0.15) is 38.5 Å². The number of amides is 1. The molecule has 0 saturated heterocycles. The Balaban J connectivity index is 2.52. The van der Waals surface area contributed by atoms with Crippen LogP contribution in [0.4, 0.5) is 0 Å². The van der Waals surface area contributed by atoms with Gasteiger partial charge in [-0.15, -0.1) is 0 Å². The Labute approximate surface area is 78.5 Å². The third kappa shape index (κ3) is 2.67. The standard InChI is InChI=1S/C9H18N2O2/c10-7-9(6-8(12)11-13)4-2-1-3-5-9/h13H,1-7,10H2,(H,11,12). The van der Waals surface area contributed by atoms with E-state index in [9.17, 15) is 4.79 Å². The molecule has 0 atom stereocenters. The average Bonchev–Trinajstić information content (AvgIpc) is 2.19. The summed E-state index contributed by atoms with van der Waals surface area (Å²) in [6, 6.07) is 0. The molecular formula is C9H18N2O2. The monoisotopic (exact) mass is 186 g/mol. The summed E-state index contributed by atoms with van der Waals surface area (Å²) in [6.45, 7) is 0.542. The molecule has 1 rings (SSSR count). The predicted octanol–water partition coefficient (Wildman–Crippen LogP) is 0.791. The molecule has 1 aliphatic carbocycles. The van der Waals surface area contributed by atoms with Gasteiger partial charge in [0.15, 0.2) is 0 Å². The van der Waals surface area contributed by atoms with Gasteiger partial charge in [0.2, 0.25) is 5.91 Å². The van der Waals surface area contributed by atoms with Crippen molar-refractivity contribution in [3.63, 3.8) is 0 Å². The van der Waals surface area contributed by atoms with Crippen molar-refractivity contribution in [2.45, 2.75) is 38.5 Å². The van der Waals surface area contributed by atoms with Gasteiger partial charge >= 0.3 is 0 Å². The third-order valence-electron chi connectivity index (χ3n) is 3.01. The molecule has 0 aliphatic heterocycles. The van der Waals surface area contributed by atoms with Gasteiger partial charge < -0.3 is 5.73 Å². The Hall–Kier alpha value is -0.610. The molecule has 0 aromatic rings. The van der Waals surface area contributed by atoms with Crippen molar-refractivity contribution in [1.82, 2.24) is 5.48 Å². The van der Waals surface area contributed by atoms with Gasteiger partial charge in [-0.25, -0.2) is 5.48 Å². The van der Waals surface area contributed by atoms with Crippen LogP contribution in [0, 0.1) is 5.41 Å². The molecule has 1 amide bonds. The van der Waals surface area contributed by atoms with E-state index in [1.54, 1.807) is 5.48 Å². The predicted molar refractivity (Wildman–Crippen MR) is 49.1 cm³/mol. The van der Waals surface area contributed by atoms with Crippen molar-refractivity contribution in [3.05, 3.63) is 0 Å². The van der Waals surface area contributed by atoms with Gasteiger partial charge in [-0.1, -0.05) is 19.3 Å². The van der Waals surface area contributed by atoms with Gasteiger partial charge in [-0.3, -0.25) is 10.0 Å². The number of carbonyl (C=O) groups is 1. The van der Waals surface area contributed by atoms with Gasteiger partial charge in [0.05, 0.1) is 0 Å². The molecule has 4 heteroatoms. The maximum Gasteiger partial charge on any atom is 0.243 e. The van der Waals surface area contributed by atoms with Gasteiger partial charge in [0.25, 0.3) is 0 Å². The van der Waals surface area contributed by atoms with Crippen molar-refractivity contribution in [2.75, 3.05) is 6.54 Å². The summed E-state index contributed by atoms with van der Waals surface area (Å²) in [7, 11) is 0. The molecule has 0 radical (unpaired) electrons. The van der Waals surface area contributed by atoms with Crippen LogP contribution in [0.2, 0.25) is 0 Å². The Morgan fingerprint density at radius 1 is 1.38 bits per heavy atom. The lowest BCUT2D eigenvalue weighted by atomic mass is 9.72. The first kappa shape index (κ1) is 10.5. The molecule has 4 nitrogen and oxygen atoms in total. The van der Waals surface area contributed by atoms with Crippen molar-refractivity contribution < 1.29 is 10.0 Å². The smallest absolute Gasteiger partial charge is 0.243 e. The molecule has 0 aromatic carbocycles. The van der Waals surface area contributed by atoms with Gasteiger partial charge in [0.1, 0.15) is 0 Å². The minimum Gasteiger partial charge on any atom is -0.330 e. The fraction of sp³-hybridized carbons (Fsp3) is 0.889. The number of nitrogens with two attached hydrogens (primary N) is 1. The summed E-state index contributed by atoms with van der Waals surface area (Å²) < 4.78 is 0. The highest BCUT2D eigenvalue weighted by Crippen LogP contribution is 2.38. The van der Waals surface area contributed by atoms with E-state index in [4.69, 9.17) is 10.9 Å². The van der Waals surface area contributed by atoms with E-state index in [2.05, 4.69) is 0 Å². The fourth-order valence-corrected chi connectivity index (χ4v) is 2.13. The largest absolute Gasteiger partial charge is 0.330 e. The van der Waals surface area contributed by atoms with E-state index in [-0.39, 0.29) is 11.3 Å². The first-order valence-electron chi connectivity index (χ1n) is 4.85. The zero-order valence-electron chi connectivity index (χ0n) is 7.88. The fourth-order valence-electron chi connectivity index (χ4n) is 2.13. The number of hydrogen-bond donors (Lipinski definition) is 3. The molecule has 0 heterocycles. The summed E-state index contributed by atoms with van der Waals surface area (Å²) in [5.41, 5.74) is 7.31. The quantitative estimate of drug-likeness (QED) is 0.450. The maximum atomic E-state index is 11.0. The van der Waals surface area contributed by atoms with E-state index in [1.807, 2.05) is 0 Å². The van der Waals surface area contributed by atoms with Crippen LogP contribution in [0.5, 0.6) is 0 Å². The normalized spacial score (nSPS) is 21.1. The maximum absolute atomic E-state index is 11.0. The molecule has 0 unspecified atom stereocenters. The van der Waals surface area contributed by atoms with E-state index >= 15 is 0 Å². The van der Waals surface area contributed by atoms with Crippen LogP contribution in [0.3, 0.4) is 0 Å². The topological polar surface area (TPSA) is 75.4 Å². The zero-order valence-corrected chi connectivity index (χ0v) is 7.88. The summed E-state index contributed by atoms with van der Waals surface area (Å²) in [5, 5.41) is 8.44.